The first kappa shape index (κ1) is 18.4. The predicted octanol–water partition coefficient (Wildman–Crippen LogP) is 3.67. The number of hydrogen-bond donors (Lipinski definition) is 1. The number of aromatic nitrogens is 1. The zero-order chi connectivity index (χ0) is 19.2. The molecule has 0 fully saturated rings. The van der Waals surface area contributed by atoms with Gasteiger partial charge in [-0.25, -0.2) is 0 Å². The molecule has 2 aromatic carbocycles. The third-order valence-electron chi connectivity index (χ3n) is 4.21. The average molecular weight is 368 g/mol. The molecule has 140 valence electrons. The highest BCUT2D eigenvalue weighted by Crippen LogP contribution is 2.30. The number of nitrogens with zero attached hydrogens (tertiary/aromatic N) is 1. The highest BCUT2D eigenvalue weighted by atomic mass is 16.6. The maximum atomic E-state index is 12.2. The zero-order valence-corrected chi connectivity index (χ0v) is 14.9. The lowest BCUT2D eigenvalue weighted by Crippen LogP contribution is -2.23. The minimum Gasteiger partial charge on any atom is -0.489 e. The lowest BCUT2D eigenvalue weighted by atomic mass is 9.98. The Kier molecular flexibility index (Phi) is 5.71. The van der Waals surface area contributed by atoms with Crippen molar-refractivity contribution in [3.63, 3.8) is 0 Å². The summed E-state index contributed by atoms with van der Waals surface area (Å²) in [6.07, 6.45) is 1.62. The second kappa shape index (κ2) is 8.35. The van der Waals surface area contributed by atoms with Crippen molar-refractivity contribution in [1.82, 2.24) is 4.98 Å². The lowest BCUT2D eigenvalue weighted by molar-refractivity contribution is -0.481. The van der Waals surface area contributed by atoms with Gasteiger partial charge < -0.3 is 14.5 Å². The van der Waals surface area contributed by atoms with E-state index >= 15 is 0 Å². The molecule has 0 amide bonds. The summed E-state index contributed by atoms with van der Waals surface area (Å²) in [5.41, 5.74) is 2.34. The van der Waals surface area contributed by atoms with Crippen molar-refractivity contribution in [2.45, 2.75) is 19.4 Å². The van der Waals surface area contributed by atoms with Gasteiger partial charge in [0.15, 0.2) is 0 Å². The largest absolute Gasteiger partial charge is 0.489 e. The van der Waals surface area contributed by atoms with Crippen molar-refractivity contribution in [3.8, 4) is 5.75 Å². The van der Waals surface area contributed by atoms with E-state index in [4.69, 9.17) is 9.47 Å². The average Bonchev–Trinajstić information content (AvgIpc) is 3.08. The van der Waals surface area contributed by atoms with Gasteiger partial charge in [-0.15, -0.1) is 0 Å². The quantitative estimate of drug-likeness (QED) is 0.372. The lowest BCUT2D eigenvalue weighted by Gasteiger charge is -2.12. The number of rotatable bonds is 8. The Labute approximate surface area is 156 Å². The molecule has 3 aromatic rings. The summed E-state index contributed by atoms with van der Waals surface area (Å²) in [5, 5.41) is 11.7. The number of aromatic amines is 1. The Bertz CT molecular complexity index is 936. The fourth-order valence-electron chi connectivity index (χ4n) is 2.93. The van der Waals surface area contributed by atoms with Gasteiger partial charge in [0.1, 0.15) is 18.3 Å². The first-order chi connectivity index (χ1) is 13.1. The molecule has 3 rings (SSSR count). The maximum Gasteiger partial charge on any atom is 0.320 e. The minimum absolute atomic E-state index is 0.167. The number of carbonyl (C=O) groups excluding carboxylic acids is 1. The summed E-state index contributed by atoms with van der Waals surface area (Å²) in [7, 11) is 0. The van der Waals surface area contributed by atoms with E-state index in [1.807, 2.05) is 42.5 Å². The molecule has 27 heavy (non-hydrogen) atoms. The van der Waals surface area contributed by atoms with Crippen molar-refractivity contribution in [3.05, 3.63) is 76.0 Å². The zero-order valence-electron chi connectivity index (χ0n) is 14.9. The van der Waals surface area contributed by atoms with E-state index in [0.29, 0.717) is 23.3 Å². The first-order valence-electron chi connectivity index (χ1n) is 8.64. The highest BCUT2D eigenvalue weighted by Gasteiger charge is 2.30. The van der Waals surface area contributed by atoms with Gasteiger partial charge in [-0.2, -0.15) is 0 Å². The molecule has 0 unspecified atom stereocenters. The Balaban J connectivity index is 1.88. The number of esters is 1. The third kappa shape index (κ3) is 4.44. The minimum atomic E-state index is -0.974. The van der Waals surface area contributed by atoms with Crippen LogP contribution in [0.15, 0.2) is 54.7 Å². The highest BCUT2D eigenvalue weighted by molar-refractivity contribution is 5.90. The monoisotopic (exact) mass is 368 g/mol. The van der Waals surface area contributed by atoms with E-state index in [1.165, 1.54) is 0 Å². The number of nitro groups is 1. The summed E-state index contributed by atoms with van der Waals surface area (Å²) in [6, 6.07) is 15.2. The van der Waals surface area contributed by atoms with Crippen LogP contribution in [0.25, 0.3) is 10.9 Å². The predicted molar refractivity (Wildman–Crippen MR) is 100 cm³/mol. The van der Waals surface area contributed by atoms with Crippen LogP contribution >= 0.6 is 0 Å². The maximum absolute atomic E-state index is 12.2. The normalized spacial score (nSPS) is 11.9. The Morgan fingerprint density at radius 2 is 2.00 bits per heavy atom. The summed E-state index contributed by atoms with van der Waals surface area (Å²) >= 11 is 0. The smallest absolute Gasteiger partial charge is 0.320 e. The van der Waals surface area contributed by atoms with E-state index < -0.39 is 23.4 Å². The van der Waals surface area contributed by atoms with Gasteiger partial charge >= 0.3 is 5.97 Å². The molecule has 1 aromatic heterocycles. The van der Waals surface area contributed by atoms with Crippen molar-refractivity contribution < 1.29 is 19.2 Å². The van der Waals surface area contributed by atoms with Gasteiger partial charge in [0, 0.05) is 22.0 Å². The van der Waals surface area contributed by atoms with E-state index in [0.717, 1.165) is 11.1 Å². The molecule has 0 bridgehead atoms. The summed E-state index contributed by atoms with van der Waals surface area (Å²) in [4.78, 5) is 25.8. The molecule has 7 heteroatoms. The molecular weight excluding hydrogens is 348 g/mol. The summed E-state index contributed by atoms with van der Waals surface area (Å²) < 4.78 is 10.9. The van der Waals surface area contributed by atoms with Gasteiger partial charge in [-0.1, -0.05) is 30.3 Å². The van der Waals surface area contributed by atoms with Crippen molar-refractivity contribution in [2.24, 2.45) is 0 Å². The van der Waals surface area contributed by atoms with E-state index in [2.05, 4.69) is 4.98 Å². The molecule has 7 nitrogen and oxygen atoms in total. The van der Waals surface area contributed by atoms with Crippen LogP contribution in [-0.4, -0.2) is 29.0 Å². The number of ether oxygens (including phenoxy) is 2. The van der Waals surface area contributed by atoms with Gasteiger partial charge in [0.2, 0.25) is 6.54 Å². The SMILES string of the molecule is CCOC(=O)[C@@H](C[N+](=O)[O-])c1c[nH]c2ccc(OCc3ccccc3)cc12. The number of nitrogens with one attached hydrogen (secondary N) is 1. The van der Waals surface area contributed by atoms with E-state index in [1.54, 1.807) is 19.2 Å². The van der Waals surface area contributed by atoms with Crippen LogP contribution in [0.3, 0.4) is 0 Å². The third-order valence-corrected chi connectivity index (χ3v) is 4.21. The molecule has 0 aliphatic rings. The summed E-state index contributed by atoms with van der Waals surface area (Å²) in [5.74, 6) is -0.959. The van der Waals surface area contributed by atoms with Crippen LogP contribution in [-0.2, 0) is 16.1 Å². The number of fused-ring (bicyclic) bond motifs is 1. The number of hydrogen-bond acceptors (Lipinski definition) is 5. The van der Waals surface area contributed by atoms with Crippen LogP contribution in [0.1, 0.15) is 24.0 Å². The summed E-state index contributed by atoms with van der Waals surface area (Å²) in [6.45, 7) is 1.72. The molecule has 0 spiro atoms. The molecule has 0 aliphatic carbocycles. The molecule has 0 saturated heterocycles. The van der Waals surface area contributed by atoms with E-state index in [9.17, 15) is 14.9 Å². The van der Waals surface area contributed by atoms with Crippen LogP contribution in [0.4, 0.5) is 0 Å². The standard InChI is InChI=1S/C20H20N2O5/c1-2-26-20(23)18(12-22(24)25)17-11-21-19-9-8-15(10-16(17)19)27-13-14-6-4-3-5-7-14/h3-11,18,21H,2,12-13H2,1H3/t18-/m0/s1. The number of carbonyl (C=O) groups is 1. The topological polar surface area (TPSA) is 94.5 Å². The van der Waals surface area contributed by atoms with Gasteiger partial charge in [0.05, 0.1) is 6.61 Å². The van der Waals surface area contributed by atoms with Crippen molar-refractivity contribution in [2.75, 3.05) is 13.2 Å². The number of H-pyrrole nitrogens is 1. The molecule has 1 atom stereocenters. The Morgan fingerprint density at radius 3 is 2.70 bits per heavy atom. The van der Waals surface area contributed by atoms with Crippen LogP contribution in [0, 0.1) is 10.1 Å². The molecule has 0 aliphatic heterocycles. The van der Waals surface area contributed by atoms with Crippen molar-refractivity contribution >= 4 is 16.9 Å². The van der Waals surface area contributed by atoms with Crippen molar-refractivity contribution in [1.29, 1.82) is 0 Å². The fourth-order valence-corrected chi connectivity index (χ4v) is 2.93. The Morgan fingerprint density at radius 1 is 1.22 bits per heavy atom. The molecule has 0 radical (unpaired) electrons. The van der Waals surface area contributed by atoms with E-state index in [-0.39, 0.29) is 6.61 Å². The van der Waals surface area contributed by atoms with Crippen LogP contribution in [0.5, 0.6) is 5.75 Å². The van der Waals surface area contributed by atoms with Gasteiger partial charge in [0.25, 0.3) is 0 Å². The van der Waals surface area contributed by atoms with Crippen LogP contribution in [0.2, 0.25) is 0 Å². The fraction of sp³-hybridized carbons (Fsp3) is 0.250. The molecule has 1 heterocycles. The first-order valence-corrected chi connectivity index (χ1v) is 8.64. The second-order valence-corrected chi connectivity index (χ2v) is 6.05. The number of benzene rings is 2. The van der Waals surface area contributed by atoms with Crippen LogP contribution < -0.4 is 4.74 Å². The second-order valence-electron chi connectivity index (χ2n) is 6.05. The molecule has 1 N–H and O–H groups in total. The van der Waals surface area contributed by atoms with Gasteiger partial charge in [-0.3, -0.25) is 14.9 Å². The van der Waals surface area contributed by atoms with Gasteiger partial charge in [-0.05, 0) is 36.2 Å². The molecule has 0 saturated carbocycles. The molecular formula is C20H20N2O5. The Hall–Kier alpha value is -3.35.